The van der Waals surface area contributed by atoms with E-state index in [4.69, 9.17) is 15.9 Å². The number of carbonyl (C=O) groups is 2. The second-order valence-electron chi connectivity index (χ2n) is 4.12. The maximum Gasteiger partial charge on any atom is 0.335 e. The average molecular weight is 237 g/mol. The van der Waals surface area contributed by atoms with Gasteiger partial charge in [0.25, 0.3) is 0 Å². The molecule has 0 fully saturated rings. The summed E-state index contributed by atoms with van der Waals surface area (Å²) >= 11 is 0. The van der Waals surface area contributed by atoms with E-state index < -0.39 is 18.0 Å². The van der Waals surface area contributed by atoms with Crippen molar-refractivity contribution in [1.82, 2.24) is 0 Å². The fourth-order valence-electron chi connectivity index (χ4n) is 1.62. The van der Waals surface area contributed by atoms with Gasteiger partial charge in [0.2, 0.25) is 0 Å². The molecule has 17 heavy (non-hydrogen) atoms. The number of hydrogen-bond acceptors (Lipinski definition) is 3. The molecule has 1 aromatic rings. The minimum Gasteiger partial charge on any atom is -0.480 e. The normalized spacial score (nSPS) is 12.5. The highest BCUT2D eigenvalue weighted by atomic mass is 16.4. The lowest BCUT2D eigenvalue weighted by atomic mass is 9.91. The van der Waals surface area contributed by atoms with Gasteiger partial charge < -0.3 is 15.9 Å². The van der Waals surface area contributed by atoms with E-state index in [9.17, 15) is 9.59 Å². The van der Waals surface area contributed by atoms with Crippen LogP contribution in [0.5, 0.6) is 0 Å². The molecule has 4 N–H and O–H groups in total. The molecule has 0 aromatic heterocycles. The van der Waals surface area contributed by atoms with Gasteiger partial charge >= 0.3 is 11.9 Å². The first-order valence-electron chi connectivity index (χ1n) is 5.20. The van der Waals surface area contributed by atoms with Crippen molar-refractivity contribution < 1.29 is 19.8 Å². The van der Waals surface area contributed by atoms with Crippen LogP contribution in [0.2, 0.25) is 0 Å². The summed E-state index contributed by atoms with van der Waals surface area (Å²) in [5, 5.41) is 17.8. The van der Waals surface area contributed by atoms with Crippen LogP contribution < -0.4 is 5.73 Å². The predicted octanol–water partition coefficient (Wildman–Crippen LogP) is 1.59. The number of rotatable bonds is 4. The van der Waals surface area contributed by atoms with Gasteiger partial charge in [0.05, 0.1) is 5.56 Å². The predicted molar refractivity (Wildman–Crippen MR) is 62.1 cm³/mol. The van der Waals surface area contributed by atoms with Gasteiger partial charge in [0.1, 0.15) is 6.04 Å². The fourth-order valence-corrected chi connectivity index (χ4v) is 1.62. The number of aromatic carboxylic acids is 1. The topological polar surface area (TPSA) is 101 Å². The minimum atomic E-state index is -1.13. The third-order valence-electron chi connectivity index (χ3n) is 2.56. The largest absolute Gasteiger partial charge is 0.480 e. The molecule has 0 spiro atoms. The minimum absolute atomic E-state index is 0.00898. The zero-order chi connectivity index (χ0) is 13.2. The Bertz CT molecular complexity index is 454. The highest BCUT2D eigenvalue weighted by molar-refractivity contribution is 5.88. The van der Waals surface area contributed by atoms with E-state index in [-0.39, 0.29) is 11.5 Å². The van der Waals surface area contributed by atoms with E-state index in [1.807, 2.05) is 13.8 Å². The van der Waals surface area contributed by atoms with E-state index in [0.717, 1.165) is 0 Å². The van der Waals surface area contributed by atoms with Gasteiger partial charge in [-0.3, -0.25) is 4.79 Å². The highest BCUT2D eigenvalue weighted by Crippen LogP contribution is 2.25. The molecule has 1 rings (SSSR count). The van der Waals surface area contributed by atoms with Crippen LogP contribution in [0.15, 0.2) is 18.2 Å². The van der Waals surface area contributed by atoms with Gasteiger partial charge in [-0.1, -0.05) is 19.9 Å². The number of aliphatic carboxylic acids is 1. The van der Waals surface area contributed by atoms with Crippen LogP contribution in [0, 0.1) is 0 Å². The standard InChI is InChI=1S/C12H15NO4/c1-6(2)9-5-7(11(14)15)3-4-8(9)10(13)12(16)17/h3-6,10H,13H2,1-2H3,(H,14,15)(H,16,17)/t10-/m0/s1. The lowest BCUT2D eigenvalue weighted by molar-refractivity contribution is -0.138. The third-order valence-corrected chi connectivity index (χ3v) is 2.56. The summed E-state index contributed by atoms with van der Waals surface area (Å²) in [7, 11) is 0. The van der Waals surface area contributed by atoms with Gasteiger partial charge in [0, 0.05) is 0 Å². The molecule has 5 heteroatoms. The van der Waals surface area contributed by atoms with Gasteiger partial charge in [-0.05, 0) is 29.2 Å². The van der Waals surface area contributed by atoms with Gasteiger partial charge in [-0.15, -0.1) is 0 Å². The van der Waals surface area contributed by atoms with E-state index in [0.29, 0.717) is 11.1 Å². The molecule has 0 bridgehead atoms. The second kappa shape index (κ2) is 4.97. The maximum absolute atomic E-state index is 10.9. The Morgan fingerprint density at radius 3 is 2.18 bits per heavy atom. The van der Waals surface area contributed by atoms with Crippen LogP contribution >= 0.6 is 0 Å². The van der Waals surface area contributed by atoms with Crippen molar-refractivity contribution in [3.8, 4) is 0 Å². The van der Waals surface area contributed by atoms with Crippen molar-refractivity contribution in [2.45, 2.75) is 25.8 Å². The lowest BCUT2D eigenvalue weighted by Gasteiger charge is -2.16. The molecule has 5 nitrogen and oxygen atoms in total. The Balaban J connectivity index is 3.31. The molecule has 0 amide bonds. The summed E-state index contributed by atoms with van der Waals surface area (Å²) in [6.07, 6.45) is 0. The van der Waals surface area contributed by atoms with Crippen molar-refractivity contribution in [3.63, 3.8) is 0 Å². The van der Waals surface area contributed by atoms with Crippen LogP contribution in [-0.2, 0) is 4.79 Å². The molecule has 1 aromatic carbocycles. The highest BCUT2D eigenvalue weighted by Gasteiger charge is 2.20. The van der Waals surface area contributed by atoms with E-state index >= 15 is 0 Å². The van der Waals surface area contributed by atoms with Crippen molar-refractivity contribution in [2.75, 3.05) is 0 Å². The summed E-state index contributed by atoms with van der Waals surface area (Å²) < 4.78 is 0. The molecular weight excluding hydrogens is 222 g/mol. The molecule has 0 saturated heterocycles. The molecule has 0 heterocycles. The smallest absolute Gasteiger partial charge is 0.335 e. The Labute approximate surface area is 98.9 Å². The number of nitrogens with two attached hydrogens (primary N) is 1. The quantitative estimate of drug-likeness (QED) is 0.738. The molecule has 0 radical (unpaired) electrons. The third kappa shape index (κ3) is 2.82. The molecule has 0 aliphatic rings. The van der Waals surface area contributed by atoms with Crippen LogP contribution in [0.4, 0.5) is 0 Å². The summed E-state index contributed by atoms with van der Waals surface area (Å²) in [5.41, 5.74) is 6.80. The Morgan fingerprint density at radius 1 is 1.18 bits per heavy atom. The van der Waals surface area contributed by atoms with Crippen LogP contribution in [0.3, 0.4) is 0 Å². The number of carboxylic acid groups (broad SMARTS) is 2. The molecule has 1 atom stereocenters. The average Bonchev–Trinajstić information content (AvgIpc) is 2.26. The Kier molecular flexibility index (Phi) is 3.85. The van der Waals surface area contributed by atoms with Crippen LogP contribution in [-0.4, -0.2) is 22.2 Å². The fraction of sp³-hybridized carbons (Fsp3) is 0.333. The summed E-state index contributed by atoms with van der Waals surface area (Å²) in [4.78, 5) is 21.7. The number of hydrogen-bond donors (Lipinski definition) is 3. The summed E-state index contributed by atoms with van der Waals surface area (Å²) in [5.74, 6) is -2.16. The lowest BCUT2D eigenvalue weighted by Crippen LogP contribution is -2.22. The zero-order valence-electron chi connectivity index (χ0n) is 9.68. The molecular formula is C12H15NO4. The summed E-state index contributed by atoms with van der Waals surface area (Å²) in [6.45, 7) is 3.72. The van der Waals surface area contributed by atoms with Crippen LogP contribution in [0.25, 0.3) is 0 Å². The van der Waals surface area contributed by atoms with Gasteiger partial charge in [-0.25, -0.2) is 4.79 Å². The molecule has 0 aliphatic heterocycles. The second-order valence-corrected chi connectivity index (χ2v) is 4.12. The monoisotopic (exact) mass is 237 g/mol. The SMILES string of the molecule is CC(C)c1cc(C(=O)O)ccc1[C@H](N)C(=O)O. The number of carboxylic acids is 2. The maximum atomic E-state index is 10.9. The summed E-state index contributed by atoms with van der Waals surface area (Å²) in [6, 6.07) is 3.19. The zero-order valence-corrected chi connectivity index (χ0v) is 9.68. The van der Waals surface area contributed by atoms with E-state index in [1.54, 1.807) is 0 Å². The van der Waals surface area contributed by atoms with Gasteiger partial charge in [-0.2, -0.15) is 0 Å². The Hall–Kier alpha value is -1.88. The van der Waals surface area contributed by atoms with Gasteiger partial charge in [0.15, 0.2) is 0 Å². The molecule has 0 aliphatic carbocycles. The first-order valence-corrected chi connectivity index (χ1v) is 5.20. The molecule has 92 valence electrons. The first-order chi connectivity index (χ1) is 7.84. The van der Waals surface area contributed by atoms with Crippen molar-refractivity contribution in [1.29, 1.82) is 0 Å². The van der Waals surface area contributed by atoms with Crippen LogP contribution in [0.1, 0.15) is 47.3 Å². The first kappa shape index (κ1) is 13.2. The van der Waals surface area contributed by atoms with Crippen molar-refractivity contribution >= 4 is 11.9 Å². The Morgan fingerprint density at radius 2 is 1.76 bits per heavy atom. The number of benzene rings is 1. The van der Waals surface area contributed by atoms with Crippen molar-refractivity contribution in [3.05, 3.63) is 34.9 Å². The van der Waals surface area contributed by atoms with E-state index in [2.05, 4.69) is 0 Å². The molecule has 0 saturated carbocycles. The van der Waals surface area contributed by atoms with Crippen molar-refractivity contribution in [2.24, 2.45) is 5.73 Å². The molecule has 0 unspecified atom stereocenters. The van der Waals surface area contributed by atoms with E-state index in [1.165, 1.54) is 18.2 Å².